The van der Waals surface area contributed by atoms with Gasteiger partial charge in [-0.25, -0.2) is 4.79 Å². The van der Waals surface area contributed by atoms with Gasteiger partial charge in [0.25, 0.3) is 0 Å². The van der Waals surface area contributed by atoms with Gasteiger partial charge in [0.05, 0.1) is 6.04 Å². The van der Waals surface area contributed by atoms with E-state index in [9.17, 15) is 9.59 Å². The number of nitrogens with zero attached hydrogens (tertiary/aromatic N) is 2. The number of urea groups is 1. The molecule has 2 fully saturated rings. The van der Waals surface area contributed by atoms with Crippen LogP contribution in [0.3, 0.4) is 0 Å². The molecule has 6 heteroatoms. The fraction of sp³-hybridized carbons (Fsp3) is 0.600. The summed E-state index contributed by atoms with van der Waals surface area (Å²) < 4.78 is 0. The van der Waals surface area contributed by atoms with E-state index in [-0.39, 0.29) is 11.9 Å². The smallest absolute Gasteiger partial charge is 0.317 e. The minimum absolute atomic E-state index is 0.0117. The minimum atomic E-state index is -0.528. The van der Waals surface area contributed by atoms with E-state index in [0.29, 0.717) is 38.6 Å². The molecule has 2 aliphatic rings. The Morgan fingerprint density at radius 2 is 1.62 bits per heavy atom. The van der Waals surface area contributed by atoms with Crippen LogP contribution in [-0.4, -0.2) is 60.0 Å². The van der Waals surface area contributed by atoms with E-state index in [0.717, 1.165) is 18.4 Å². The third-order valence-corrected chi connectivity index (χ3v) is 5.43. The number of hydrogen-bond acceptors (Lipinski definition) is 3. The monoisotopic (exact) mass is 358 g/mol. The number of amides is 3. The van der Waals surface area contributed by atoms with Crippen molar-refractivity contribution >= 4 is 11.9 Å². The number of hydrogen-bond donors (Lipinski definition) is 2. The lowest BCUT2D eigenvalue weighted by atomic mass is 9.96. The van der Waals surface area contributed by atoms with Crippen LogP contribution in [0.15, 0.2) is 30.3 Å². The first-order valence-corrected chi connectivity index (χ1v) is 9.77. The number of carbonyl (C=O) groups is 2. The zero-order valence-corrected chi connectivity index (χ0v) is 15.4. The van der Waals surface area contributed by atoms with Gasteiger partial charge in [-0.1, -0.05) is 49.6 Å². The molecule has 1 aromatic rings. The summed E-state index contributed by atoms with van der Waals surface area (Å²) in [5, 5.41) is 3.15. The Labute approximate surface area is 155 Å². The topological polar surface area (TPSA) is 78.7 Å². The Balaban J connectivity index is 1.43. The van der Waals surface area contributed by atoms with Crippen molar-refractivity contribution < 1.29 is 9.59 Å². The van der Waals surface area contributed by atoms with Crippen molar-refractivity contribution in [1.82, 2.24) is 15.1 Å². The van der Waals surface area contributed by atoms with Gasteiger partial charge in [-0.3, -0.25) is 4.79 Å². The molecule has 3 N–H and O–H groups in total. The molecule has 3 rings (SSSR count). The second-order valence-electron chi connectivity index (χ2n) is 7.39. The largest absolute Gasteiger partial charge is 0.338 e. The molecule has 0 spiro atoms. The zero-order valence-electron chi connectivity index (χ0n) is 15.4. The van der Waals surface area contributed by atoms with Gasteiger partial charge < -0.3 is 20.9 Å². The lowest BCUT2D eigenvalue weighted by molar-refractivity contribution is -0.134. The number of piperazine rings is 1. The predicted molar refractivity (Wildman–Crippen MR) is 102 cm³/mol. The van der Waals surface area contributed by atoms with Crippen LogP contribution in [0.25, 0.3) is 0 Å². The highest BCUT2D eigenvalue weighted by Crippen LogP contribution is 2.18. The van der Waals surface area contributed by atoms with Crippen LogP contribution >= 0.6 is 0 Å². The van der Waals surface area contributed by atoms with E-state index in [1.165, 1.54) is 19.3 Å². The van der Waals surface area contributed by atoms with Crippen molar-refractivity contribution in [3.05, 3.63) is 35.9 Å². The average molecular weight is 358 g/mol. The summed E-state index contributed by atoms with van der Waals surface area (Å²) in [6.45, 7) is 2.25. The maximum Gasteiger partial charge on any atom is 0.317 e. The van der Waals surface area contributed by atoms with Crippen molar-refractivity contribution in [2.45, 2.75) is 50.6 Å². The summed E-state index contributed by atoms with van der Waals surface area (Å²) in [5.74, 6) is -0.0267. The molecule has 0 bridgehead atoms. The lowest BCUT2D eigenvalue weighted by Gasteiger charge is -2.37. The van der Waals surface area contributed by atoms with E-state index in [1.54, 1.807) is 4.90 Å². The van der Waals surface area contributed by atoms with Gasteiger partial charge in [0.1, 0.15) is 0 Å². The number of rotatable bonds is 4. The van der Waals surface area contributed by atoms with Crippen LogP contribution in [0.4, 0.5) is 4.79 Å². The van der Waals surface area contributed by atoms with Gasteiger partial charge in [-0.05, 0) is 24.8 Å². The maximum atomic E-state index is 12.6. The fourth-order valence-corrected chi connectivity index (χ4v) is 3.83. The second kappa shape index (κ2) is 9.03. The summed E-state index contributed by atoms with van der Waals surface area (Å²) in [6, 6.07) is 9.63. The summed E-state index contributed by atoms with van der Waals surface area (Å²) in [7, 11) is 0. The van der Waals surface area contributed by atoms with E-state index in [4.69, 9.17) is 5.73 Å². The molecule has 1 aliphatic heterocycles. The van der Waals surface area contributed by atoms with Gasteiger partial charge in [-0.2, -0.15) is 0 Å². The fourth-order valence-electron chi connectivity index (χ4n) is 3.83. The molecule has 1 aliphatic carbocycles. The first-order valence-electron chi connectivity index (χ1n) is 9.77. The van der Waals surface area contributed by atoms with E-state index < -0.39 is 6.04 Å². The van der Waals surface area contributed by atoms with Crippen LogP contribution in [0.1, 0.15) is 37.7 Å². The molecule has 1 atom stereocenters. The Bertz CT molecular complexity index is 593. The first-order chi connectivity index (χ1) is 12.6. The third kappa shape index (κ3) is 4.97. The molecule has 0 unspecified atom stereocenters. The Kier molecular flexibility index (Phi) is 6.50. The number of benzene rings is 1. The Hall–Kier alpha value is -2.08. The predicted octanol–water partition coefficient (Wildman–Crippen LogP) is 1.74. The molecule has 6 nitrogen and oxygen atoms in total. The first kappa shape index (κ1) is 18.7. The van der Waals surface area contributed by atoms with Gasteiger partial charge in [0, 0.05) is 32.2 Å². The van der Waals surface area contributed by atoms with Crippen molar-refractivity contribution in [2.75, 3.05) is 26.2 Å². The molecular formula is C20H30N4O2. The Morgan fingerprint density at radius 1 is 1.00 bits per heavy atom. The van der Waals surface area contributed by atoms with Crippen LogP contribution in [-0.2, 0) is 11.2 Å². The maximum absolute atomic E-state index is 12.6. The highest BCUT2D eigenvalue weighted by atomic mass is 16.2. The van der Waals surface area contributed by atoms with Crippen molar-refractivity contribution in [1.29, 1.82) is 0 Å². The van der Waals surface area contributed by atoms with Gasteiger partial charge in [-0.15, -0.1) is 0 Å². The van der Waals surface area contributed by atoms with Crippen LogP contribution in [0.5, 0.6) is 0 Å². The normalized spacial score (nSPS) is 19.9. The number of carbonyl (C=O) groups excluding carboxylic acids is 2. The highest BCUT2D eigenvalue weighted by Gasteiger charge is 2.28. The second-order valence-corrected chi connectivity index (χ2v) is 7.39. The molecule has 26 heavy (non-hydrogen) atoms. The Morgan fingerprint density at radius 3 is 2.27 bits per heavy atom. The van der Waals surface area contributed by atoms with Gasteiger partial charge >= 0.3 is 6.03 Å². The zero-order chi connectivity index (χ0) is 18.4. The molecule has 3 amide bonds. The van der Waals surface area contributed by atoms with E-state index in [1.807, 2.05) is 35.2 Å². The molecular weight excluding hydrogens is 328 g/mol. The summed E-state index contributed by atoms with van der Waals surface area (Å²) in [6.07, 6.45) is 6.38. The molecule has 0 aromatic heterocycles. The molecule has 1 heterocycles. The van der Waals surface area contributed by atoms with E-state index in [2.05, 4.69) is 5.32 Å². The van der Waals surface area contributed by atoms with Gasteiger partial charge in [0.15, 0.2) is 0 Å². The molecule has 1 saturated carbocycles. The molecule has 0 radical (unpaired) electrons. The van der Waals surface area contributed by atoms with Crippen molar-refractivity contribution in [2.24, 2.45) is 5.73 Å². The number of nitrogens with one attached hydrogen (secondary N) is 1. The van der Waals surface area contributed by atoms with Crippen molar-refractivity contribution in [3.63, 3.8) is 0 Å². The molecule has 142 valence electrons. The molecule has 1 saturated heterocycles. The summed E-state index contributed by atoms with van der Waals surface area (Å²) in [5.41, 5.74) is 7.18. The van der Waals surface area contributed by atoms with Crippen LogP contribution in [0.2, 0.25) is 0 Å². The summed E-state index contributed by atoms with van der Waals surface area (Å²) in [4.78, 5) is 28.6. The quantitative estimate of drug-likeness (QED) is 0.860. The number of nitrogens with two attached hydrogens (primary N) is 1. The standard InChI is InChI=1S/C20H30N4O2/c21-18(15-16-7-3-1-4-8-16)19(25)23-11-13-24(14-12-23)20(26)22-17-9-5-2-6-10-17/h1,3-4,7-8,17-18H,2,5-6,9-15,21H2,(H,22,26)/t18-/m0/s1. The van der Waals surface area contributed by atoms with E-state index >= 15 is 0 Å². The highest BCUT2D eigenvalue weighted by molar-refractivity contribution is 5.82. The average Bonchev–Trinajstić information content (AvgIpc) is 2.69. The van der Waals surface area contributed by atoms with Crippen LogP contribution < -0.4 is 11.1 Å². The van der Waals surface area contributed by atoms with Crippen LogP contribution in [0, 0.1) is 0 Å². The third-order valence-electron chi connectivity index (χ3n) is 5.43. The minimum Gasteiger partial charge on any atom is -0.338 e. The summed E-state index contributed by atoms with van der Waals surface area (Å²) >= 11 is 0. The van der Waals surface area contributed by atoms with Gasteiger partial charge in [0.2, 0.25) is 5.91 Å². The SMILES string of the molecule is N[C@@H](Cc1ccccc1)C(=O)N1CCN(C(=O)NC2CCCCC2)CC1. The lowest BCUT2D eigenvalue weighted by Crippen LogP contribution is -2.57. The van der Waals surface area contributed by atoms with Crippen molar-refractivity contribution in [3.8, 4) is 0 Å². The molecule has 1 aromatic carbocycles.